The predicted octanol–water partition coefficient (Wildman–Crippen LogP) is 4.93. The van der Waals surface area contributed by atoms with Crippen LogP contribution < -0.4 is 10.9 Å². The molecule has 0 saturated heterocycles. The number of amides is 2. The molecule has 0 spiro atoms. The van der Waals surface area contributed by atoms with Gasteiger partial charge in [-0.2, -0.15) is 10.2 Å². The van der Waals surface area contributed by atoms with Crippen LogP contribution in [0.5, 0.6) is 0 Å². The molecular formula is C28H32N6O2. The standard InChI is InChI=1S/C28H32N6O2/c1-3-19-9-7-11-23-21(15-29-27(19)23)17-31-33-25(35)13-5-6-14-26(36)34-32-18-22-16-30-28-20(4-2)10-8-12-24(22)28/h7-12,15-18,29-30H,3-6,13-14H2,1-2H3,(H,33,35)(H,34,36)/b31-17+,32-18+. The largest absolute Gasteiger partial charge is 0.360 e. The van der Waals surface area contributed by atoms with E-state index in [4.69, 9.17) is 0 Å². The second-order valence-corrected chi connectivity index (χ2v) is 8.67. The molecule has 0 aliphatic rings. The van der Waals surface area contributed by atoms with Gasteiger partial charge in [0, 0.05) is 58.2 Å². The number of aryl methyl sites for hydroxylation is 2. The van der Waals surface area contributed by atoms with Crippen molar-refractivity contribution in [1.82, 2.24) is 20.8 Å². The Morgan fingerprint density at radius 2 is 1.19 bits per heavy atom. The SMILES string of the molecule is CCc1cccc2c(/C=N/NC(=O)CCCCC(=O)N/N=C/c3c[nH]c4c(CC)cccc34)c[nH]c12. The Morgan fingerprint density at radius 3 is 1.61 bits per heavy atom. The number of hydrazone groups is 2. The van der Waals surface area contributed by atoms with E-state index >= 15 is 0 Å². The summed E-state index contributed by atoms with van der Waals surface area (Å²) in [6.07, 6.45) is 10.8. The van der Waals surface area contributed by atoms with Crippen molar-refractivity contribution in [2.75, 3.05) is 0 Å². The molecule has 0 radical (unpaired) electrons. The van der Waals surface area contributed by atoms with E-state index in [-0.39, 0.29) is 11.8 Å². The molecule has 2 aromatic carbocycles. The van der Waals surface area contributed by atoms with Gasteiger partial charge in [-0.15, -0.1) is 0 Å². The second kappa shape index (κ2) is 12.0. The predicted molar refractivity (Wildman–Crippen MR) is 145 cm³/mol. The molecule has 0 saturated carbocycles. The summed E-state index contributed by atoms with van der Waals surface area (Å²) in [5.41, 5.74) is 11.7. The summed E-state index contributed by atoms with van der Waals surface area (Å²) in [6, 6.07) is 12.3. The van der Waals surface area contributed by atoms with E-state index in [0.717, 1.165) is 45.8 Å². The third-order valence-electron chi connectivity index (χ3n) is 6.27. The molecule has 0 fully saturated rings. The van der Waals surface area contributed by atoms with Crippen LogP contribution in [0.2, 0.25) is 0 Å². The lowest BCUT2D eigenvalue weighted by Crippen LogP contribution is -2.18. The van der Waals surface area contributed by atoms with Gasteiger partial charge in [-0.1, -0.05) is 50.2 Å². The number of fused-ring (bicyclic) bond motifs is 2. The zero-order chi connectivity index (χ0) is 25.3. The molecule has 186 valence electrons. The Labute approximate surface area is 210 Å². The number of hydrogen-bond donors (Lipinski definition) is 4. The average molecular weight is 485 g/mol. The number of benzene rings is 2. The highest BCUT2D eigenvalue weighted by Crippen LogP contribution is 2.22. The molecular weight excluding hydrogens is 452 g/mol. The first-order chi connectivity index (χ1) is 17.6. The fourth-order valence-electron chi connectivity index (χ4n) is 4.31. The minimum absolute atomic E-state index is 0.176. The number of carbonyl (C=O) groups excluding carboxylic acids is 2. The summed E-state index contributed by atoms with van der Waals surface area (Å²) in [6.45, 7) is 4.24. The smallest absolute Gasteiger partial charge is 0.240 e. The maximum Gasteiger partial charge on any atom is 0.240 e. The van der Waals surface area contributed by atoms with Crippen molar-refractivity contribution in [1.29, 1.82) is 0 Å². The van der Waals surface area contributed by atoms with Crippen molar-refractivity contribution in [2.24, 2.45) is 10.2 Å². The molecule has 0 unspecified atom stereocenters. The summed E-state index contributed by atoms with van der Waals surface area (Å²) in [7, 11) is 0. The van der Waals surface area contributed by atoms with Gasteiger partial charge in [0.05, 0.1) is 12.4 Å². The van der Waals surface area contributed by atoms with E-state index < -0.39 is 0 Å². The van der Waals surface area contributed by atoms with Crippen LogP contribution in [0.1, 0.15) is 61.8 Å². The number of carbonyl (C=O) groups is 2. The minimum Gasteiger partial charge on any atom is -0.360 e. The van der Waals surface area contributed by atoms with Gasteiger partial charge in [-0.05, 0) is 36.8 Å². The van der Waals surface area contributed by atoms with Crippen LogP contribution in [0, 0.1) is 0 Å². The van der Waals surface area contributed by atoms with Crippen molar-refractivity contribution in [3.8, 4) is 0 Å². The average Bonchev–Trinajstić information content (AvgIpc) is 3.51. The molecule has 36 heavy (non-hydrogen) atoms. The van der Waals surface area contributed by atoms with Gasteiger partial charge in [0.1, 0.15) is 0 Å². The molecule has 0 aliphatic heterocycles. The van der Waals surface area contributed by atoms with Gasteiger partial charge in [-0.25, -0.2) is 10.9 Å². The number of H-pyrrole nitrogens is 2. The second-order valence-electron chi connectivity index (χ2n) is 8.67. The summed E-state index contributed by atoms with van der Waals surface area (Å²) >= 11 is 0. The Bertz CT molecular complexity index is 1300. The van der Waals surface area contributed by atoms with Gasteiger partial charge in [0.2, 0.25) is 11.8 Å². The molecule has 0 atom stereocenters. The molecule has 2 amide bonds. The maximum absolute atomic E-state index is 12.1. The first-order valence-electron chi connectivity index (χ1n) is 12.4. The van der Waals surface area contributed by atoms with E-state index in [1.54, 1.807) is 12.4 Å². The Morgan fingerprint density at radius 1 is 0.750 bits per heavy atom. The molecule has 4 rings (SSSR count). The van der Waals surface area contributed by atoms with Gasteiger partial charge in [0.15, 0.2) is 0 Å². The van der Waals surface area contributed by atoms with Crippen LogP contribution in [0.15, 0.2) is 59.0 Å². The van der Waals surface area contributed by atoms with E-state index in [0.29, 0.717) is 25.7 Å². The van der Waals surface area contributed by atoms with E-state index in [1.807, 2.05) is 36.7 Å². The lowest BCUT2D eigenvalue weighted by molar-refractivity contribution is -0.123. The Kier molecular flexibility index (Phi) is 8.28. The molecule has 4 aromatic rings. The van der Waals surface area contributed by atoms with Gasteiger partial charge < -0.3 is 9.97 Å². The van der Waals surface area contributed by atoms with Crippen molar-refractivity contribution >= 4 is 46.0 Å². The number of nitrogens with zero attached hydrogens (tertiary/aromatic N) is 2. The quantitative estimate of drug-likeness (QED) is 0.137. The number of aromatic nitrogens is 2. The lowest BCUT2D eigenvalue weighted by atomic mass is 10.1. The van der Waals surface area contributed by atoms with Crippen LogP contribution in [0.25, 0.3) is 21.8 Å². The number of nitrogens with one attached hydrogen (secondary N) is 4. The molecule has 2 aromatic heterocycles. The zero-order valence-corrected chi connectivity index (χ0v) is 20.7. The monoisotopic (exact) mass is 484 g/mol. The Hall–Kier alpha value is -4.20. The third-order valence-corrected chi connectivity index (χ3v) is 6.27. The summed E-state index contributed by atoms with van der Waals surface area (Å²) < 4.78 is 0. The van der Waals surface area contributed by atoms with E-state index in [1.165, 1.54) is 11.1 Å². The highest BCUT2D eigenvalue weighted by Gasteiger charge is 2.07. The molecule has 4 N–H and O–H groups in total. The highest BCUT2D eigenvalue weighted by atomic mass is 16.2. The van der Waals surface area contributed by atoms with Crippen molar-refractivity contribution in [3.05, 3.63) is 71.0 Å². The van der Waals surface area contributed by atoms with Crippen LogP contribution in [-0.4, -0.2) is 34.2 Å². The number of rotatable bonds is 11. The van der Waals surface area contributed by atoms with Crippen LogP contribution in [0.3, 0.4) is 0 Å². The first-order valence-corrected chi connectivity index (χ1v) is 12.4. The fourth-order valence-corrected chi connectivity index (χ4v) is 4.31. The topological polar surface area (TPSA) is 114 Å². The van der Waals surface area contributed by atoms with Crippen LogP contribution in [0.4, 0.5) is 0 Å². The molecule has 8 nitrogen and oxygen atoms in total. The molecule has 2 heterocycles. The number of unbranched alkanes of at least 4 members (excludes halogenated alkanes) is 1. The van der Waals surface area contributed by atoms with Gasteiger partial charge >= 0.3 is 0 Å². The van der Waals surface area contributed by atoms with Crippen molar-refractivity contribution in [2.45, 2.75) is 52.4 Å². The zero-order valence-electron chi connectivity index (χ0n) is 20.7. The van der Waals surface area contributed by atoms with Gasteiger partial charge in [-0.3, -0.25) is 9.59 Å². The summed E-state index contributed by atoms with van der Waals surface area (Å²) in [5, 5.41) is 10.3. The molecule has 8 heteroatoms. The molecule has 0 aliphatic carbocycles. The summed E-state index contributed by atoms with van der Waals surface area (Å²) in [4.78, 5) is 30.7. The lowest BCUT2D eigenvalue weighted by Gasteiger charge is -2.01. The maximum atomic E-state index is 12.1. The number of hydrogen-bond acceptors (Lipinski definition) is 4. The van der Waals surface area contributed by atoms with Crippen LogP contribution >= 0.6 is 0 Å². The highest BCUT2D eigenvalue weighted by molar-refractivity contribution is 6.01. The van der Waals surface area contributed by atoms with Crippen molar-refractivity contribution < 1.29 is 9.59 Å². The minimum atomic E-state index is -0.176. The van der Waals surface area contributed by atoms with E-state index in [9.17, 15) is 9.59 Å². The first kappa shape index (κ1) is 24.9. The van der Waals surface area contributed by atoms with Crippen LogP contribution in [-0.2, 0) is 22.4 Å². The Balaban J connectivity index is 1.16. The van der Waals surface area contributed by atoms with Gasteiger partial charge in [0.25, 0.3) is 0 Å². The number of aromatic amines is 2. The normalized spacial score (nSPS) is 11.7. The van der Waals surface area contributed by atoms with E-state index in [2.05, 4.69) is 57.0 Å². The summed E-state index contributed by atoms with van der Waals surface area (Å²) in [5.74, 6) is -0.353. The third kappa shape index (κ3) is 5.89. The molecule has 0 bridgehead atoms. The fraction of sp³-hybridized carbons (Fsp3) is 0.286. The van der Waals surface area contributed by atoms with Crippen molar-refractivity contribution in [3.63, 3.8) is 0 Å². The number of para-hydroxylation sites is 2.